The summed E-state index contributed by atoms with van der Waals surface area (Å²) in [6, 6.07) is 7.16. The van der Waals surface area contributed by atoms with Gasteiger partial charge in [0.2, 0.25) is 5.91 Å². The van der Waals surface area contributed by atoms with Crippen molar-refractivity contribution >= 4 is 11.8 Å². The molecule has 5 nitrogen and oxygen atoms in total. The van der Waals surface area contributed by atoms with Gasteiger partial charge in [0.1, 0.15) is 0 Å². The van der Waals surface area contributed by atoms with E-state index in [4.69, 9.17) is 0 Å². The zero-order valence-corrected chi connectivity index (χ0v) is 11.5. The maximum atomic E-state index is 11.8. The first kappa shape index (κ1) is 15.2. The van der Waals surface area contributed by atoms with E-state index in [1.807, 2.05) is 13.0 Å². The standard InChI is InChI=1S/C14H20N2O3/c1-10-5-4-6-12(7-10)14(19)15-8-13(18)16(3)9-11(2)17/h4-7,11,17H,8-9H2,1-3H3,(H,15,19). The number of amides is 2. The van der Waals surface area contributed by atoms with Crippen LogP contribution in [0.5, 0.6) is 0 Å². The van der Waals surface area contributed by atoms with E-state index < -0.39 is 6.10 Å². The van der Waals surface area contributed by atoms with Crippen LogP contribution in [-0.2, 0) is 4.79 Å². The molecule has 5 heteroatoms. The predicted molar refractivity (Wildman–Crippen MR) is 72.8 cm³/mol. The Morgan fingerprint density at radius 3 is 2.68 bits per heavy atom. The number of benzene rings is 1. The minimum atomic E-state index is -0.582. The number of aryl methyl sites for hydroxylation is 1. The van der Waals surface area contributed by atoms with Crippen LogP contribution in [0.3, 0.4) is 0 Å². The zero-order valence-electron chi connectivity index (χ0n) is 11.5. The Balaban J connectivity index is 2.48. The SMILES string of the molecule is Cc1cccc(C(=O)NCC(=O)N(C)CC(C)O)c1. The van der Waals surface area contributed by atoms with Crippen molar-refractivity contribution < 1.29 is 14.7 Å². The third-order valence-electron chi connectivity index (χ3n) is 2.64. The lowest BCUT2D eigenvalue weighted by Crippen LogP contribution is -2.40. The van der Waals surface area contributed by atoms with Gasteiger partial charge in [0.15, 0.2) is 0 Å². The molecular formula is C14H20N2O3. The number of likely N-dealkylation sites (N-methyl/N-ethyl adjacent to an activating group) is 1. The number of nitrogens with one attached hydrogen (secondary N) is 1. The largest absolute Gasteiger partial charge is 0.392 e. The maximum Gasteiger partial charge on any atom is 0.251 e. The van der Waals surface area contributed by atoms with Gasteiger partial charge in [0, 0.05) is 19.2 Å². The van der Waals surface area contributed by atoms with Crippen molar-refractivity contribution in [3.63, 3.8) is 0 Å². The van der Waals surface area contributed by atoms with Gasteiger partial charge >= 0.3 is 0 Å². The van der Waals surface area contributed by atoms with Gasteiger partial charge in [-0.15, -0.1) is 0 Å². The highest BCUT2D eigenvalue weighted by atomic mass is 16.3. The summed E-state index contributed by atoms with van der Waals surface area (Å²) in [5.74, 6) is -0.510. The van der Waals surface area contributed by atoms with Crippen LogP contribution in [0.25, 0.3) is 0 Å². The number of aliphatic hydroxyl groups excluding tert-OH is 1. The maximum absolute atomic E-state index is 11.8. The van der Waals surface area contributed by atoms with E-state index in [1.165, 1.54) is 4.90 Å². The molecule has 0 radical (unpaired) electrons. The van der Waals surface area contributed by atoms with Crippen LogP contribution in [0.15, 0.2) is 24.3 Å². The molecule has 0 bridgehead atoms. The summed E-state index contributed by atoms with van der Waals surface area (Å²) in [5.41, 5.74) is 1.52. The summed E-state index contributed by atoms with van der Waals surface area (Å²) in [6.07, 6.45) is -0.582. The van der Waals surface area contributed by atoms with Crippen LogP contribution in [0.1, 0.15) is 22.8 Å². The highest BCUT2D eigenvalue weighted by Crippen LogP contribution is 2.03. The molecule has 1 rings (SSSR count). The van der Waals surface area contributed by atoms with E-state index in [0.29, 0.717) is 5.56 Å². The number of carbonyl (C=O) groups excluding carboxylic acids is 2. The lowest BCUT2D eigenvalue weighted by atomic mass is 10.1. The number of hydrogen-bond donors (Lipinski definition) is 2. The lowest BCUT2D eigenvalue weighted by Gasteiger charge is -2.18. The van der Waals surface area contributed by atoms with Gasteiger partial charge in [-0.1, -0.05) is 17.7 Å². The van der Waals surface area contributed by atoms with Crippen molar-refractivity contribution in [1.82, 2.24) is 10.2 Å². The fourth-order valence-corrected chi connectivity index (χ4v) is 1.68. The monoisotopic (exact) mass is 264 g/mol. The zero-order chi connectivity index (χ0) is 14.4. The van der Waals surface area contributed by atoms with E-state index in [-0.39, 0.29) is 24.9 Å². The molecule has 0 spiro atoms. The Kier molecular flexibility index (Phi) is 5.51. The fourth-order valence-electron chi connectivity index (χ4n) is 1.68. The van der Waals surface area contributed by atoms with Gasteiger partial charge in [0.05, 0.1) is 12.6 Å². The topological polar surface area (TPSA) is 69.6 Å². The highest BCUT2D eigenvalue weighted by Gasteiger charge is 2.12. The first-order valence-electron chi connectivity index (χ1n) is 6.17. The number of nitrogens with zero attached hydrogens (tertiary/aromatic N) is 1. The van der Waals surface area contributed by atoms with Gasteiger partial charge in [0.25, 0.3) is 5.91 Å². The minimum Gasteiger partial charge on any atom is -0.392 e. The van der Waals surface area contributed by atoms with Crippen LogP contribution >= 0.6 is 0 Å². The predicted octanol–water partition coefficient (Wildman–Crippen LogP) is 0.564. The van der Waals surface area contributed by atoms with E-state index >= 15 is 0 Å². The van der Waals surface area contributed by atoms with Crippen LogP contribution < -0.4 is 5.32 Å². The highest BCUT2D eigenvalue weighted by molar-refractivity contribution is 5.96. The molecule has 0 aromatic heterocycles. The van der Waals surface area contributed by atoms with E-state index in [0.717, 1.165) is 5.56 Å². The summed E-state index contributed by atoms with van der Waals surface area (Å²) in [7, 11) is 1.59. The molecule has 0 saturated heterocycles. The Hall–Kier alpha value is -1.88. The number of rotatable bonds is 5. The van der Waals surface area contributed by atoms with Gasteiger partial charge in [-0.3, -0.25) is 9.59 Å². The quantitative estimate of drug-likeness (QED) is 0.816. The summed E-state index contributed by atoms with van der Waals surface area (Å²) >= 11 is 0. The molecule has 0 aliphatic rings. The fraction of sp³-hybridized carbons (Fsp3) is 0.429. The first-order chi connectivity index (χ1) is 8.90. The lowest BCUT2D eigenvalue weighted by molar-refractivity contribution is -0.129. The second kappa shape index (κ2) is 6.89. The number of carbonyl (C=O) groups is 2. The minimum absolute atomic E-state index is 0.0734. The van der Waals surface area contributed by atoms with Gasteiger partial charge < -0.3 is 15.3 Å². The Bertz CT molecular complexity index is 458. The Morgan fingerprint density at radius 2 is 2.11 bits per heavy atom. The Morgan fingerprint density at radius 1 is 1.42 bits per heavy atom. The van der Waals surface area contributed by atoms with E-state index in [1.54, 1.807) is 32.2 Å². The van der Waals surface area contributed by atoms with Crippen LogP contribution in [0, 0.1) is 6.92 Å². The summed E-state index contributed by atoms with van der Waals surface area (Å²) < 4.78 is 0. The number of aliphatic hydroxyl groups is 1. The van der Waals surface area contributed by atoms with Crippen LogP contribution in [-0.4, -0.2) is 48.1 Å². The molecule has 0 aliphatic carbocycles. The smallest absolute Gasteiger partial charge is 0.251 e. The molecular weight excluding hydrogens is 244 g/mol. The molecule has 19 heavy (non-hydrogen) atoms. The first-order valence-corrected chi connectivity index (χ1v) is 6.17. The van der Waals surface area contributed by atoms with E-state index in [9.17, 15) is 14.7 Å². The third-order valence-corrected chi connectivity index (χ3v) is 2.64. The summed E-state index contributed by atoms with van der Waals surface area (Å²) in [4.78, 5) is 24.9. The van der Waals surface area contributed by atoms with Crippen molar-refractivity contribution in [2.75, 3.05) is 20.1 Å². The Labute approximate surface area is 113 Å². The average Bonchev–Trinajstić information content (AvgIpc) is 2.34. The van der Waals surface area contributed by atoms with Crippen LogP contribution in [0.2, 0.25) is 0 Å². The molecule has 1 atom stereocenters. The molecule has 2 amide bonds. The average molecular weight is 264 g/mol. The van der Waals surface area contributed by atoms with Gasteiger partial charge in [-0.2, -0.15) is 0 Å². The third kappa shape index (κ3) is 5.09. The second-order valence-electron chi connectivity index (χ2n) is 4.68. The van der Waals surface area contributed by atoms with E-state index in [2.05, 4.69) is 5.32 Å². The van der Waals surface area contributed by atoms with Gasteiger partial charge in [-0.25, -0.2) is 0 Å². The molecule has 1 aromatic carbocycles. The molecule has 0 heterocycles. The van der Waals surface area contributed by atoms with Gasteiger partial charge in [-0.05, 0) is 26.0 Å². The molecule has 1 aromatic rings. The van der Waals surface area contributed by atoms with Crippen molar-refractivity contribution in [2.45, 2.75) is 20.0 Å². The normalized spacial score (nSPS) is 11.8. The molecule has 0 saturated carbocycles. The van der Waals surface area contributed by atoms with Crippen molar-refractivity contribution in [3.05, 3.63) is 35.4 Å². The molecule has 2 N–H and O–H groups in total. The van der Waals surface area contributed by atoms with Crippen molar-refractivity contribution in [1.29, 1.82) is 0 Å². The molecule has 0 aliphatic heterocycles. The second-order valence-corrected chi connectivity index (χ2v) is 4.68. The van der Waals surface area contributed by atoms with Crippen molar-refractivity contribution in [2.24, 2.45) is 0 Å². The van der Waals surface area contributed by atoms with Crippen molar-refractivity contribution in [3.8, 4) is 0 Å². The summed E-state index contributed by atoms with van der Waals surface area (Å²) in [6.45, 7) is 3.68. The molecule has 104 valence electrons. The summed E-state index contributed by atoms with van der Waals surface area (Å²) in [5, 5.41) is 11.7. The molecule has 1 unspecified atom stereocenters. The van der Waals surface area contributed by atoms with Crippen LogP contribution in [0.4, 0.5) is 0 Å². The molecule has 0 fully saturated rings. The number of hydrogen-bond acceptors (Lipinski definition) is 3.